The number of halogens is 1. The molecule has 7 nitrogen and oxygen atoms in total. The maximum Gasteiger partial charge on any atom is 0.246 e. The number of carbonyl (C=O) groups excluding carboxylic acids is 1. The summed E-state index contributed by atoms with van der Waals surface area (Å²) >= 11 is 6.15. The third-order valence-electron chi connectivity index (χ3n) is 6.06. The van der Waals surface area contributed by atoms with Crippen molar-refractivity contribution in [3.63, 3.8) is 0 Å². The standard InChI is InChI=1S/C22H27ClN4O3S/c1-16-22(17(2)27(24-16)19-9-14-31(29,30)15-19)26-12-10-25(11-13-26)21(28)8-7-18-5-3-4-6-20(18)23/h3-8,19H,9-15H2,1-2H3/b8-7+/t19-/m1/s1. The number of carbonyl (C=O) groups is 1. The van der Waals surface area contributed by atoms with E-state index in [0.717, 1.165) is 22.6 Å². The molecular weight excluding hydrogens is 436 g/mol. The van der Waals surface area contributed by atoms with Crippen LogP contribution in [0.2, 0.25) is 5.02 Å². The summed E-state index contributed by atoms with van der Waals surface area (Å²) in [6, 6.07) is 7.34. The van der Waals surface area contributed by atoms with Gasteiger partial charge in [0.2, 0.25) is 5.91 Å². The minimum atomic E-state index is -2.97. The summed E-state index contributed by atoms with van der Waals surface area (Å²) in [4.78, 5) is 16.7. The van der Waals surface area contributed by atoms with E-state index < -0.39 is 9.84 Å². The molecule has 166 valence electrons. The average Bonchev–Trinajstić information content (AvgIpc) is 3.25. The Labute approximate surface area is 188 Å². The molecule has 1 amide bonds. The molecule has 4 rings (SSSR count). The van der Waals surface area contributed by atoms with E-state index in [1.54, 1.807) is 18.2 Å². The van der Waals surface area contributed by atoms with Crippen molar-refractivity contribution in [3.05, 3.63) is 52.3 Å². The van der Waals surface area contributed by atoms with E-state index in [4.69, 9.17) is 11.6 Å². The molecule has 0 spiro atoms. The average molecular weight is 463 g/mol. The van der Waals surface area contributed by atoms with E-state index in [1.807, 2.05) is 41.6 Å². The first-order chi connectivity index (χ1) is 14.7. The second-order valence-electron chi connectivity index (χ2n) is 8.19. The number of rotatable bonds is 4. The number of aromatic nitrogens is 2. The van der Waals surface area contributed by atoms with E-state index in [1.165, 1.54) is 0 Å². The third kappa shape index (κ3) is 4.65. The van der Waals surface area contributed by atoms with Crippen molar-refractivity contribution in [2.45, 2.75) is 26.3 Å². The van der Waals surface area contributed by atoms with Crippen molar-refractivity contribution in [1.29, 1.82) is 0 Å². The van der Waals surface area contributed by atoms with Crippen LogP contribution in [0.5, 0.6) is 0 Å². The predicted octanol–water partition coefficient (Wildman–Crippen LogP) is 2.87. The zero-order valence-corrected chi connectivity index (χ0v) is 19.4. The first-order valence-corrected chi connectivity index (χ1v) is 12.7. The van der Waals surface area contributed by atoms with Gasteiger partial charge in [-0.15, -0.1) is 0 Å². The third-order valence-corrected chi connectivity index (χ3v) is 8.15. The fourth-order valence-corrected chi connectivity index (χ4v) is 6.35. The van der Waals surface area contributed by atoms with Gasteiger partial charge in [0.05, 0.1) is 34.6 Å². The van der Waals surface area contributed by atoms with Crippen LogP contribution in [0.25, 0.3) is 6.08 Å². The second-order valence-corrected chi connectivity index (χ2v) is 10.8. The van der Waals surface area contributed by atoms with Crippen LogP contribution in [-0.2, 0) is 14.6 Å². The molecule has 1 aromatic carbocycles. The van der Waals surface area contributed by atoms with Crippen LogP contribution in [0.1, 0.15) is 29.4 Å². The molecule has 0 aliphatic carbocycles. The molecular formula is C22H27ClN4O3S. The quantitative estimate of drug-likeness (QED) is 0.653. The van der Waals surface area contributed by atoms with Gasteiger partial charge >= 0.3 is 0 Å². The number of nitrogens with zero attached hydrogens (tertiary/aromatic N) is 4. The van der Waals surface area contributed by atoms with Gasteiger partial charge in [-0.1, -0.05) is 29.8 Å². The van der Waals surface area contributed by atoms with Crippen molar-refractivity contribution in [3.8, 4) is 0 Å². The summed E-state index contributed by atoms with van der Waals surface area (Å²) < 4.78 is 25.6. The number of benzene rings is 1. The van der Waals surface area contributed by atoms with Crippen LogP contribution in [0.4, 0.5) is 5.69 Å². The molecule has 2 saturated heterocycles. The number of hydrogen-bond donors (Lipinski definition) is 0. The summed E-state index contributed by atoms with van der Waals surface area (Å²) in [5, 5.41) is 5.28. The van der Waals surface area contributed by atoms with Gasteiger partial charge < -0.3 is 9.80 Å². The molecule has 9 heteroatoms. The van der Waals surface area contributed by atoms with Crippen LogP contribution in [0.3, 0.4) is 0 Å². The molecule has 1 atom stereocenters. The van der Waals surface area contributed by atoms with Gasteiger partial charge in [-0.2, -0.15) is 5.10 Å². The maximum absolute atomic E-state index is 12.6. The van der Waals surface area contributed by atoms with Crippen molar-refractivity contribution < 1.29 is 13.2 Å². The Kier molecular flexibility index (Phi) is 6.12. The molecule has 0 N–H and O–H groups in total. The first-order valence-electron chi connectivity index (χ1n) is 10.5. The van der Waals surface area contributed by atoms with Crippen molar-refractivity contribution >= 4 is 39.1 Å². The molecule has 0 bridgehead atoms. The highest BCUT2D eigenvalue weighted by Gasteiger charge is 2.33. The Morgan fingerprint density at radius 1 is 1.16 bits per heavy atom. The van der Waals surface area contributed by atoms with Gasteiger partial charge in [-0.05, 0) is 38.0 Å². The Morgan fingerprint density at radius 2 is 1.87 bits per heavy atom. The normalized spacial score (nSPS) is 21.2. The Bertz CT molecular complexity index is 1120. The largest absolute Gasteiger partial charge is 0.365 e. The van der Waals surface area contributed by atoms with Gasteiger partial charge in [0.15, 0.2) is 9.84 Å². The molecule has 0 saturated carbocycles. The SMILES string of the molecule is Cc1nn([C@@H]2CCS(=O)(=O)C2)c(C)c1N1CCN(C(=O)/C=C/c2ccccc2Cl)CC1. The van der Waals surface area contributed by atoms with Gasteiger partial charge in [-0.25, -0.2) is 8.42 Å². The smallest absolute Gasteiger partial charge is 0.246 e. The van der Waals surface area contributed by atoms with Crippen LogP contribution < -0.4 is 4.90 Å². The van der Waals surface area contributed by atoms with Crippen LogP contribution in [-0.4, -0.2) is 66.7 Å². The number of sulfone groups is 1. The van der Waals surface area contributed by atoms with Crippen molar-refractivity contribution in [1.82, 2.24) is 14.7 Å². The number of hydrogen-bond acceptors (Lipinski definition) is 5. The molecule has 2 aromatic rings. The topological polar surface area (TPSA) is 75.5 Å². The highest BCUT2D eigenvalue weighted by atomic mass is 35.5. The highest BCUT2D eigenvalue weighted by Crippen LogP contribution is 2.31. The number of piperazine rings is 1. The van der Waals surface area contributed by atoms with Crippen LogP contribution >= 0.6 is 11.6 Å². The lowest BCUT2D eigenvalue weighted by molar-refractivity contribution is -0.126. The summed E-state index contributed by atoms with van der Waals surface area (Å²) in [6.45, 7) is 6.63. The van der Waals surface area contributed by atoms with E-state index >= 15 is 0 Å². The van der Waals surface area contributed by atoms with E-state index in [9.17, 15) is 13.2 Å². The van der Waals surface area contributed by atoms with Gasteiger partial charge in [0, 0.05) is 37.3 Å². The van der Waals surface area contributed by atoms with Crippen LogP contribution in [0, 0.1) is 13.8 Å². The fourth-order valence-electron chi connectivity index (χ4n) is 4.46. The molecule has 2 aliphatic rings. The summed E-state index contributed by atoms with van der Waals surface area (Å²) in [5.74, 6) is 0.363. The number of aryl methyl sites for hydroxylation is 1. The van der Waals surface area contributed by atoms with Gasteiger partial charge in [0.1, 0.15) is 0 Å². The molecule has 31 heavy (non-hydrogen) atoms. The van der Waals surface area contributed by atoms with Gasteiger partial charge in [-0.3, -0.25) is 9.48 Å². The first kappa shape index (κ1) is 21.9. The lowest BCUT2D eigenvalue weighted by Crippen LogP contribution is -2.48. The van der Waals surface area contributed by atoms with E-state index in [2.05, 4.69) is 10.00 Å². The summed E-state index contributed by atoms with van der Waals surface area (Å²) in [5.41, 5.74) is 3.78. The van der Waals surface area contributed by atoms with Crippen LogP contribution in [0.15, 0.2) is 30.3 Å². The molecule has 0 radical (unpaired) electrons. The summed E-state index contributed by atoms with van der Waals surface area (Å²) in [6.07, 6.45) is 3.95. The minimum Gasteiger partial charge on any atom is -0.365 e. The predicted molar refractivity (Wildman–Crippen MR) is 123 cm³/mol. The van der Waals surface area contributed by atoms with E-state index in [0.29, 0.717) is 37.6 Å². The van der Waals surface area contributed by atoms with Crippen molar-refractivity contribution in [2.75, 3.05) is 42.6 Å². The zero-order chi connectivity index (χ0) is 22.2. The second kappa shape index (κ2) is 8.67. The fraction of sp³-hybridized carbons (Fsp3) is 0.455. The van der Waals surface area contributed by atoms with Gasteiger partial charge in [0.25, 0.3) is 0 Å². The number of amides is 1. The van der Waals surface area contributed by atoms with Crippen molar-refractivity contribution in [2.24, 2.45) is 0 Å². The number of anilines is 1. The Hall–Kier alpha value is -2.32. The molecule has 2 fully saturated rings. The van der Waals surface area contributed by atoms with E-state index in [-0.39, 0.29) is 23.5 Å². The Balaban J connectivity index is 1.41. The lowest BCUT2D eigenvalue weighted by Gasteiger charge is -2.35. The zero-order valence-electron chi connectivity index (χ0n) is 17.8. The minimum absolute atomic E-state index is 0.0279. The monoisotopic (exact) mass is 462 g/mol. The molecule has 3 heterocycles. The Morgan fingerprint density at radius 3 is 2.52 bits per heavy atom. The lowest BCUT2D eigenvalue weighted by atomic mass is 10.2. The highest BCUT2D eigenvalue weighted by molar-refractivity contribution is 7.91. The molecule has 0 unspecified atom stereocenters. The summed E-state index contributed by atoms with van der Waals surface area (Å²) in [7, 11) is -2.97. The maximum atomic E-state index is 12.6. The molecule has 1 aromatic heterocycles. The molecule has 2 aliphatic heterocycles.